The fraction of sp³-hybridized carbons (Fsp3) is 1.00. The molecule has 0 spiro atoms. The van der Waals surface area contributed by atoms with Crippen molar-refractivity contribution < 1.29 is 0 Å². The Labute approximate surface area is 90.1 Å². The van der Waals surface area contributed by atoms with Gasteiger partial charge in [-0.05, 0) is 60.2 Å². The van der Waals surface area contributed by atoms with Crippen LogP contribution in [0, 0.1) is 0 Å². The van der Waals surface area contributed by atoms with Gasteiger partial charge in [-0.15, -0.1) is 0 Å². The van der Waals surface area contributed by atoms with Gasteiger partial charge in [0.2, 0.25) is 0 Å². The van der Waals surface area contributed by atoms with E-state index in [4.69, 9.17) is 0 Å². The molecule has 0 aliphatic heterocycles. The fourth-order valence-corrected chi connectivity index (χ4v) is 1.54. The Hall–Kier alpha value is -0.0800. The van der Waals surface area contributed by atoms with Crippen molar-refractivity contribution in [1.82, 2.24) is 10.2 Å². The van der Waals surface area contributed by atoms with Gasteiger partial charge in [0, 0.05) is 12.1 Å². The summed E-state index contributed by atoms with van der Waals surface area (Å²) in [5, 5.41) is 3.44. The number of rotatable bonds is 8. The molecule has 0 aromatic rings. The summed E-state index contributed by atoms with van der Waals surface area (Å²) in [7, 11) is 2.22. The minimum atomic E-state index is 0.661. The summed E-state index contributed by atoms with van der Waals surface area (Å²) >= 11 is 0. The highest BCUT2D eigenvalue weighted by atomic mass is 15.1. The van der Waals surface area contributed by atoms with Crippen molar-refractivity contribution in [3.8, 4) is 0 Å². The van der Waals surface area contributed by atoms with Crippen LogP contribution in [0.1, 0.15) is 47.0 Å². The molecule has 0 radical (unpaired) electrons. The summed E-state index contributed by atoms with van der Waals surface area (Å²) in [5.74, 6) is 0. The van der Waals surface area contributed by atoms with Crippen LogP contribution in [0.25, 0.3) is 0 Å². The normalized spacial score (nSPS) is 13.9. The summed E-state index contributed by atoms with van der Waals surface area (Å²) in [6.45, 7) is 11.4. The van der Waals surface area contributed by atoms with Crippen LogP contribution >= 0.6 is 0 Å². The monoisotopic (exact) mass is 200 g/mol. The summed E-state index contributed by atoms with van der Waals surface area (Å²) in [4.78, 5) is 2.44. The summed E-state index contributed by atoms with van der Waals surface area (Å²) < 4.78 is 0. The topological polar surface area (TPSA) is 15.3 Å². The van der Waals surface area contributed by atoms with Crippen LogP contribution in [0.5, 0.6) is 0 Å². The van der Waals surface area contributed by atoms with E-state index in [2.05, 4.69) is 45.0 Å². The highest BCUT2D eigenvalue weighted by molar-refractivity contribution is 4.67. The molecule has 1 N–H and O–H groups in total. The summed E-state index contributed by atoms with van der Waals surface area (Å²) in [6.07, 6.45) is 3.82. The van der Waals surface area contributed by atoms with Crippen LogP contribution in [0.4, 0.5) is 0 Å². The number of hydrogen-bond donors (Lipinski definition) is 1. The molecule has 14 heavy (non-hydrogen) atoms. The molecule has 0 aromatic heterocycles. The molecule has 0 saturated heterocycles. The average Bonchev–Trinajstić information content (AvgIpc) is 2.16. The van der Waals surface area contributed by atoms with Crippen LogP contribution in [0.3, 0.4) is 0 Å². The lowest BCUT2D eigenvalue weighted by Gasteiger charge is -2.28. The van der Waals surface area contributed by atoms with Gasteiger partial charge in [-0.25, -0.2) is 0 Å². The summed E-state index contributed by atoms with van der Waals surface area (Å²) in [6, 6.07) is 1.37. The van der Waals surface area contributed by atoms with E-state index in [0.29, 0.717) is 12.1 Å². The molecule has 0 aliphatic carbocycles. The molecule has 86 valence electrons. The molecule has 0 fully saturated rings. The molecule has 0 aliphatic rings. The van der Waals surface area contributed by atoms with E-state index in [1.807, 2.05) is 0 Å². The van der Waals surface area contributed by atoms with Crippen molar-refractivity contribution in [1.29, 1.82) is 0 Å². The average molecular weight is 200 g/mol. The highest BCUT2D eigenvalue weighted by Gasteiger charge is 2.10. The van der Waals surface area contributed by atoms with Crippen molar-refractivity contribution in [3.63, 3.8) is 0 Å². The molecule has 1 atom stereocenters. The van der Waals surface area contributed by atoms with Gasteiger partial charge in [-0.2, -0.15) is 0 Å². The zero-order valence-corrected chi connectivity index (χ0v) is 10.6. The lowest BCUT2D eigenvalue weighted by molar-refractivity contribution is 0.196. The first kappa shape index (κ1) is 13.9. The van der Waals surface area contributed by atoms with E-state index in [9.17, 15) is 0 Å². The van der Waals surface area contributed by atoms with Crippen LogP contribution in [-0.2, 0) is 0 Å². The van der Waals surface area contributed by atoms with Gasteiger partial charge in [0.15, 0.2) is 0 Å². The minimum absolute atomic E-state index is 0.661. The molecule has 0 saturated carbocycles. The first-order valence-corrected chi connectivity index (χ1v) is 6.02. The van der Waals surface area contributed by atoms with E-state index >= 15 is 0 Å². The Morgan fingerprint density at radius 2 is 1.79 bits per heavy atom. The maximum Gasteiger partial charge on any atom is 0.00670 e. The van der Waals surface area contributed by atoms with Crippen molar-refractivity contribution in [2.75, 3.05) is 20.1 Å². The third kappa shape index (κ3) is 6.39. The summed E-state index contributed by atoms with van der Waals surface area (Å²) in [5.41, 5.74) is 0. The lowest BCUT2D eigenvalue weighted by Crippen LogP contribution is -2.35. The van der Waals surface area contributed by atoms with E-state index in [-0.39, 0.29) is 0 Å². The molecule has 0 amide bonds. The first-order valence-electron chi connectivity index (χ1n) is 6.02. The Morgan fingerprint density at radius 1 is 1.14 bits per heavy atom. The maximum atomic E-state index is 3.44. The number of hydrogen-bond acceptors (Lipinski definition) is 2. The first-order chi connectivity index (χ1) is 6.59. The van der Waals surface area contributed by atoms with Gasteiger partial charge in [0.05, 0.1) is 0 Å². The predicted octanol–water partition coefficient (Wildman–Crippen LogP) is 2.49. The Morgan fingerprint density at radius 3 is 2.29 bits per heavy atom. The second-order valence-electron chi connectivity index (χ2n) is 4.50. The zero-order chi connectivity index (χ0) is 11.0. The van der Waals surface area contributed by atoms with Gasteiger partial charge in [0.1, 0.15) is 0 Å². The molecule has 0 rings (SSSR count). The van der Waals surface area contributed by atoms with Gasteiger partial charge in [-0.3, -0.25) is 0 Å². The Bertz CT molecular complexity index is 123. The van der Waals surface area contributed by atoms with Crippen LogP contribution < -0.4 is 5.32 Å². The molecule has 2 nitrogen and oxygen atoms in total. The number of nitrogens with one attached hydrogen (secondary N) is 1. The predicted molar refractivity (Wildman–Crippen MR) is 64.8 cm³/mol. The van der Waals surface area contributed by atoms with E-state index < -0.39 is 0 Å². The van der Waals surface area contributed by atoms with Crippen molar-refractivity contribution in [3.05, 3.63) is 0 Å². The van der Waals surface area contributed by atoms with Gasteiger partial charge in [0.25, 0.3) is 0 Å². The lowest BCUT2D eigenvalue weighted by atomic mass is 10.1. The molecular formula is C12H28N2. The largest absolute Gasteiger partial charge is 0.317 e. The van der Waals surface area contributed by atoms with E-state index in [1.165, 1.54) is 25.8 Å². The minimum Gasteiger partial charge on any atom is -0.317 e. The van der Waals surface area contributed by atoms with Crippen molar-refractivity contribution in [2.45, 2.75) is 59.0 Å². The zero-order valence-electron chi connectivity index (χ0n) is 10.6. The van der Waals surface area contributed by atoms with Gasteiger partial charge < -0.3 is 10.2 Å². The van der Waals surface area contributed by atoms with Crippen molar-refractivity contribution in [2.24, 2.45) is 0 Å². The van der Waals surface area contributed by atoms with E-state index in [0.717, 1.165) is 6.54 Å². The van der Waals surface area contributed by atoms with Crippen LogP contribution in [0.2, 0.25) is 0 Å². The quantitative estimate of drug-likeness (QED) is 0.606. The fourth-order valence-electron chi connectivity index (χ4n) is 1.54. The van der Waals surface area contributed by atoms with Gasteiger partial charge >= 0.3 is 0 Å². The molecule has 0 bridgehead atoms. The van der Waals surface area contributed by atoms with Crippen molar-refractivity contribution >= 4 is 0 Å². The molecular weight excluding hydrogens is 172 g/mol. The second kappa shape index (κ2) is 8.25. The molecule has 2 heteroatoms. The molecule has 1 unspecified atom stereocenters. The number of nitrogens with zero attached hydrogens (tertiary/aromatic N) is 1. The standard InChI is InChI=1S/C12H28N2/c1-6-9-13-10-7-8-12(4)14(5)11(2)3/h11-13H,6-10H2,1-5H3. The highest BCUT2D eigenvalue weighted by Crippen LogP contribution is 2.07. The van der Waals surface area contributed by atoms with Crippen LogP contribution in [-0.4, -0.2) is 37.1 Å². The smallest absolute Gasteiger partial charge is 0.00670 e. The van der Waals surface area contributed by atoms with Gasteiger partial charge in [-0.1, -0.05) is 6.92 Å². The van der Waals surface area contributed by atoms with E-state index in [1.54, 1.807) is 0 Å². The third-order valence-corrected chi connectivity index (χ3v) is 2.91. The maximum absolute atomic E-state index is 3.44. The van der Waals surface area contributed by atoms with Crippen LogP contribution in [0.15, 0.2) is 0 Å². The second-order valence-corrected chi connectivity index (χ2v) is 4.50. The Kier molecular flexibility index (Phi) is 8.20. The SMILES string of the molecule is CCCNCCCC(C)N(C)C(C)C. The molecule has 0 heterocycles. The molecule has 0 aromatic carbocycles. The third-order valence-electron chi connectivity index (χ3n) is 2.91. The Balaban J connectivity index is 3.39.